The van der Waals surface area contributed by atoms with Crippen molar-refractivity contribution in [2.75, 3.05) is 33.3 Å². The van der Waals surface area contributed by atoms with E-state index in [0.29, 0.717) is 31.7 Å². The number of methoxy groups -OCH3 is 1. The fourth-order valence-corrected chi connectivity index (χ4v) is 2.63. The molecule has 2 amide bonds. The normalized spacial score (nSPS) is 14.9. The first kappa shape index (κ1) is 18.7. The van der Waals surface area contributed by atoms with Crippen LogP contribution in [0.1, 0.15) is 29.8 Å². The van der Waals surface area contributed by atoms with Gasteiger partial charge in [0.1, 0.15) is 0 Å². The zero-order valence-electron chi connectivity index (χ0n) is 14.9. The number of piperazine rings is 1. The summed E-state index contributed by atoms with van der Waals surface area (Å²) in [6.07, 6.45) is 3.24. The molecule has 6 heteroatoms. The molecule has 1 aliphatic rings. The highest BCUT2D eigenvalue weighted by Crippen LogP contribution is 2.10. The minimum absolute atomic E-state index is 0.0184. The fraction of sp³-hybridized carbons (Fsp3) is 0.421. The third-order valence-corrected chi connectivity index (χ3v) is 4.15. The van der Waals surface area contributed by atoms with Crippen LogP contribution in [0, 0.1) is 5.92 Å². The van der Waals surface area contributed by atoms with Gasteiger partial charge in [-0.3, -0.25) is 9.59 Å². The van der Waals surface area contributed by atoms with Gasteiger partial charge in [-0.2, -0.15) is 0 Å². The number of rotatable bonds is 4. The SMILES string of the molecule is COC(=O)c1ccc(/C=C/C(=O)N2CCN(C(=O)C(C)C)CC2)cc1. The van der Waals surface area contributed by atoms with Gasteiger partial charge in [0, 0.05) is 38.2 Å². The van der Waals surface area contributed by atoms with E-state index in [0.717, 1.165) is 5.56 Å². The van der Waals surface area contributed by atoms with Gasteiger partial charge in [-0.25, -0.2) is 4.79 Å². The number of hydrogen-bond donors (Lipinski definition) is 0. The van der Waals surface area contributed by atoms with E-state index < -0.39 is 0 Å². The number of hydrogen-bond acceptors (Lipinski definition) is 4. The topological polar surface area (TPSA) is 66.9 Å². The molecular formula is C19H24N2O4. The van der Waals surface area contributed by atoms with Gasteiger partial charge in [-0.1, -0.05) is 26.0 Å². The molecule has 1 fully saturated rings. The predicted octanol–water partition coefficient (Wildman–Crippen LogP) is 1.81. The second kappa shape index (κ2) is 8.46. The van der Waals surface area contributed by atoms with Crippen LogP contribution in [0.15, 0.2) is 30.3 Å². The molecule has 0 spiro atoms. The third kappa shape index (κ3) is 4.92. The maximum absolute atomic E-state index is 12.3. The molecule has 1 aliphatic heterocycles. The van der Waals surface area contributed by atoms with Gasteiger partial charge < -0.3 is 14.5 Å². The quantitative estimate of drug-likeness (QED) is 0.617. The van der Waals surface area contributed by atoms with Crippen molar-refractivity contribution in [2.45, 2.75) is 13.8 Å². The Bertz CT molecular complexity index is 657. The predicted molar refractivity (Wildman–Crippen MR) is 94.8 cm³/mol. The molecule has 134 valence electrons. The molecule has 0 unspecified atom stereocenters. The van der Waals surface area contributed by atoms with Gasteiger partial charge in [0.25, 0.3) is 0 Å². The van der Waals surface area contributed by atoms with E-state index in [4.69, 9.17) is 0 Å². The maximum atomic E-state index is 12.3. The Morgan fingerprint density at radius 2 is 1.56 bits per heavy atom. The van der Waals surface area contributed by atoms with Crippen molar-refractivity contribution < 1.29 is 19.1 Å². The molecule has 2 rings (SSSR count). The number of amides is 2. The Labute approximate surface area is 148 Å². The highest BCUT2D eigenvalue weighted by molar-refractivity contribution is 5.92. The molecule has 0 N–H and O–H groups in total. The highest BCUT2D eigenvalue weighted by Gasteiger charge is 2.24. The van der Waals surface area contributed by atoms with Crippen LogP contribution in [0.4, 0.5) is 0 Å². The molecule has 0 atom stereocenters. The standard InChI is InChI=1S/C19H24N2O4/c1-14(2)18(23)21-12-10-20(11-13-21)17(22)9-6-15-4-7-16(8-5-15)19(24)25-3/h4-9,14H,10-13H2,1-3H3/b9-6+. The molecule has 0 bridgehead atoms. The summed E-state index contributed by atoms with van der Waals surface area (Å²) in [4.78, 5) is 39.2. The molecule has 1 aromatic rings. The number of carbonyl (C=O) groups is 3. The molecule has 6 nitrogen and oxygen atoms in total. The molecule has 1 aromatic carbocycles. The lowest BCUT2D eigenvalue weighted by atomic mass is 10.1. The lowest BCUT2D eigenvalue weighted by Gasteiger charge is -2.35. The smallest absolute Gasteiger partial charge is 0.337 e. The summed E-state index contributed by atoms with van der Waals surface area (Å²) in [5, 5.41) is 0. The van der Waals surface area contributed by atoms with Gasteiger partial charge in [-0.05, 0) is 23.8 Å². The number of carbonyl (C=O) groups excluding carboxylic acids is 3. The largest absolute Gasteiger partial charge is 0.465 e. The second-order valence-electron chi connectivity index (χ2n) is 6.25. The van der Waals surface area contributed by atoms with E-state index in [-0.39, 0.29) is 23.7 Å². The summed E-state index contributed by atoms with van der Waals surface area (Å²) in [6, 6.07) is 6.84. The van der Waals surface area contributed by atoms with E-state index in [9.17, 15) is 14.4 Å². The first-order chi connectivity index (χ1) is 11.9. The summed E-state index contributed by atoms with van der Waals surface area (Å²) >= 11 is 0. The van der Waals surface area contributed by atoms with Crippen molar-refractivity contribution in [1.29, 1.82) is 0 Å². The zero-order valence-corrected chi connectivity index (χ0v) is 14.9. The van der Waals surface area contributed by atoms with Crippen LogP contribution in [0.5, 0.6) is 0 Å². The lowest BCUT2D eigenvalue weighted by molar-refractivity contribution is -0.139. The Morgan fingerprint density at radius 3 is 2.08 bits per heavy atom. The summed E-state index contributed by atoms with van der Waals surface area (Å²) < 4.78 is 4.65. The monoisotopic (exact) mass is 344 g/mol. The molecule has 1 heterocycles. The lowest BCUT2D eigenvalue weighted by Crippen LogP contribution is -2.51. The molecule has 0 radical (unpaired) electrons. The molecule has 0 aliphatic carbocycles. The van der Waals surface area contributed by atoms with E-state index in [1.54, 1.807) is 35.2 Å². The summed E-state index contributed by atoms with van der Waals surface area (Å²) in [5.74, 6) is -0.349. The van der Waals surface area contributed by atoms with Crippen molar-refractivity contribution in [3.8, 4) is 0 Å². The molecule has 0 saturated carbocycles. The first-order valence-corrected chi connectivity index (χ1v) is 8.36. The van der Waals surface area contributed by atoms with Crippen LogP contribution in [-0.4, -0.2) is 60.9 Å². The Hall–Kier alpha value is -2.63. The van der Waals surface area contributed by atoms with Crippen LogP contribution in [-0.2, 0) is 14.3 Å². The van der Waals surface area contributed by atoms with Crippen LogP contribution < -0.4 is 0 Å². The van der Waals surface area contributed by atoms with Gasteiger partial charge in [0.15, 0.2) is 0 Å². The van der Waals surface area contributed by atoms with Crippen molar-refractivity contribution in [3.63, 3.8) is 0 Å². The fourth-order valence-electron chi connectivity index (χ4n) is 2.63. The minimum atomic E-state index is -0.388. The van der Waals surface area contributed by atoms with Crippen LogP contribution in [0.25, 0.3) is 6.08 Å². The molecule has 0 aromatic heterocycles. The van der Waals surface area contributed by atoms with E-state index >= 15 is 0 Å². The number of nitrogens with zero attached hydrogens (tertiary/aromatic N) is 2. The Morgan fingerprint density at radius 1 is 1.00 bits per heavy atom. The highest BCUT2D eigenvalue weighted by atomic mass is 16.5. The van der Waals surface area contributed by atoms with Crippen molar-refractivity contribution in [3.05, 3.63) is 41.5 Å². The average molecular weight is 344 g/mol. The molecule has 25 heavy (non-hydrogen) atoms. The van der Waals surface area contributed by atoms with E-state index in [1.807, 2.05) is 18.7 Å². The van der Waals surface area contributed by atoms with E-state index in [2.05, 4.69) is 4.74 Å². The summed E-state index contributed by atoms with van der Waals surface area (Å²) in [6.45, 7) is 6.00. The van der Waals surface area contributed by atoms with Gasteiger partial charge in [-0.15, -0.1) is 0 Å². The van der Waals surface area contributed by atoms with Gasteiger partial charge in [0.2, 0.25) is 11.8 Å². The second-order valence-corrected chi connectivity index (χ2v) is 6.25. The average Bonchev–Trinajstić information content (AvgIpc) is 2.65. The van der Waals surface area contributed by atoms with Crippen molar-refractivity contribution in [2.24, 2.45) is 5.92 Å². The Balaban J connectivity index is 1.89. The van der Waals surface area contributed by atoms with E-state index in [1.165, 1.54) is 13.2 Å². The Kier molecular flexibility index (Phi) is 6.33. The number of ether oxygens (including phenoxy) is 1. The van der Waals surface area contributed by atoms with Crippen LogP contribution in [0.3, 0.4) is 0 Å². The van der Waals surface area contributed by atoms with Crippen LogP contribution >= 0.6 is 0 Å². The molecule has 1 saturated heterocycles. The summed E-state index contributed by atoms with van der Waals surface area (Å²) in [5.41, 5.74) is 1.30. The van der Waals surface area contributed by atoms with Crippen LogP contribution in [0.2, 0.25) is 0 Å². The first-order valence-electron chi connectivity index (χ1n) is 8.36. The minimum Gasteiger partial charge on any atom is -0.465 e. The number of benzene rings is 1. The zero-order chi connectivity index (χ0) is 18.4. The van der Waals surface area contributed by atoms with Crippen molar-refractivity contribution >= 4 is 23.9 Å². The van der Waals surface area contributed by atoms with Gasteiger partial charge >= 0.3 is 5.97 Å². The van der Waals surface area contributed by atoms with Gasteiger partial charge in [0.05, 0.1) is 12.7 Å². The summed E-state index contributed by atoms with van der Waals surface area (Å²) in [7, 11) is 1.34. The third-order valence-electron chi connectivity index (χ3n) is 4.15. The molecular weight excluding hydrogens is 320 g/mol. The maximum Gasteiger partial charge on any atom is 0.337 e. The van der Waals surface area contributed by atoms with Crippen molar-refractivity contribution in [1.82, 2.24) is 9.80 Å². The number of esters is 1.